The lowest BCUT2D eigenvalue weighted by molar-refractivity contribution is 0.457. The van der Waals surface area contributed by atoms with E-state index in [-0.39, 0.29) is 27.8 Å². The second-order valence-electron chi connectivity index (χ2n) is 7.27. The minimum atomic E-state index is -3.85. The molecule has 1 aliphatic rings. The average Bonchev–Trinajstić information content (AvgIpc) is 2.57. The third-order valence-corrected chi connectivity index (χ3v) is 5.64. The third-order valence-electron chi connectivity index (χ3n) is 4.83. The fraction of sp³-hybridized carbons (Fsp3) is 0.846. The quantitative estimate of drug-likeness (QED) is 0.916. The summed E-state index contributed by atoms with van der Waals surface area (Å²) in [6.07, 6.45) is 0. The molecule has 1 aliphatic carbocycles. The van der Waals surface area contributed by atoms with Gasteiger partial charge in [0.2, 0.25) is 0 Å². The van der Waals surface area contributed by atoms with E-state index in [9.17, 15) is 8.42 Å². The first-order chi connectivity index (χ1) is 8.90. The fourth-order valence-electron chi connectivity index (χ4n) is 3.10. The Morgan fingerprint density at radius 3 is 2.05 bits per heavy atom. The minimum absolute atomic E-state index is 0.0738. The normalized spacial score (nSPS) is 21.4. The van der Waals surface area contributed by atoms with E-state index >= 15 is 0 Å². The molecule has 0 radical (unpaired) electrons. The van der Waals surface area contributed by atoms with Crippen LogP contribution in [0.4, 0.5) is 0 Å². The average molecular weight is 300 g/mol. The first-order valence-corrected chi connectivity index (χ1v) is 8.41. The Hall–Kier alpha value is -0.950. The summed E-state index contributed by atoms with van der Waals surface area (Å²) in [5.74, 6) is 1.21. The highest BCUT2D eigenvalue weighted by Crippen LogP contribution is 2.73. The van der Waals surface area contributed by atoms with Crippen molar-refractivity contribution in [2.75, 3.05) is 0 Å². The molecule has 2 N–H and O–H groups in total. The summed E-state index contributed by atoms with van der Waals surface area (Å²) in [6.45, 7) is 13.3. The molecular formula is C13H24N4O2S. The molecule has 1 heterocycles. The summed E-state index contributed by atoms with van der Waals surface area (Å²) < 4.78 is 25.0. The standard InChI is InChI=1S/C13H24N4O2S/c1-8(2)7-17-10(9-12(3,4)13(9,5)6)15-16-11(17)20(14,18)19/h8-9H,7H2,1-6H3,(H2,14,18,19). The highest BCUT2D eigenvalue weighted by atomic mass is 32.2. The smallest absolute Gasteiger partial charge is 0.273 e. The number of rotatable bonds is 4. The molecule has 114 valence electrons. The molecule has 0 amide bonds. The van der Waals surface area contributed by atoms with Crippen LogP contribution in [-0.4, -0.2) is 23.2 Å². The van der Waals surface area contributed by atoms with Crippen molar-refractivity contribution in [1.82, 2.24) is 14.8 Å². The van der Waals surface area contributed by atoms with E-state index in [1.54, 1.807) is 4.57 Å². The van der Waals surface area contributed by atoms with E-state index in [1.165, 1.54) is 0 Å². The van der Waals surface area contributed by atoms with E-state index in [1.807, 2.05) is 13.8 Å². The molecule has 0 spiro atoms. The monoisotopic (exact) mass is 300 g/mol. The van der Waals surface area contributed by atoms with E-state index in [0.29, 0.717) is 6.54 Å². The van der Waals surface area contributed by atoms with Crippen molar-refractivity contribution in [3.05, 3.63) is 5.82 Å². The van der Waals surface area contributed by atoms with Gasteiger partial charge in [-0.1, -0.05) is 41.5 Å². The highest BCUT2D eigenvalue weighted by Gasteiger charge is 2.67. The Morgan fingerprint density at radius 2 is 1.70 bits per heavy atom. The van der Waals surface area contributed by atoms with Crippen LogP contribution in [0.25, 0.3) is 0 Å². The van der Waals surface area contributed by atoms with Gasteiger partial charge in [0.15, 0.2) is 0 Å². The zero-order chi connectivity index (χ0) is 15.5. The molecule has 2 rings (SSSR count). The van der Waals surface area contributed by atoms with E-state index < -0.39 is 10.0 Å². The van der Waals surface area contributed by atoms with Crippen LogP contribution in [0.3, 0.4) is 0 Å². The second-order valence-corrected chi connectivity index (χ2v) is 8.72. The molecule has 20 heavy (non-hydrogen) atoms. The van der Waals surface area contributed by atoms with Crippen LogP contribution in [0, 0.1) is 16.7 Å². The topological polar surface area (TPSA) is 90.9 Å². The molecule has 0 aliphatic heterocycles. The van der Waals surface area contributed by atoms with Crippen molar-refractivity contribution in [3.63, 3.8) is 0 Å². The van der Waals surface area contributed by atoms with Gasteiger partial charge < -0.3 is 4.57 Å². The minimum Gasteiger partial charge on any atom is -0.300 e. The van der Waals surface area contributed by atoms with Crippen molar-refractivity contribution in [2.45, 2.75) is 59.2 Å². The molecule has 7 heteroatoms. The summed E-state index contributed by atoms with van der Waals surface area (Å²) in [7, 11) is -3.85. The van der Waals surface area contributed by atoms with Crippen LogP contribution in [0.1, 0.15) is 53.3 Å². The Labute approximate surface area is 120 Å². The van der Waals surface area contributed by atoms with Gasteiger partial charge in [-0.25, -0.2) is 13.6 Å². The number of nitrogens with zero attached hydrogens (tertiary/aromatic N) is 3. The van der Waals surface area contributed by atoms with Crippen LogP contribution < -0.4 is 5.14 Å². The van der Waals surface area contributed by atoms with Gasteiger partial charge in [0.05, 0.1) is 0 Å². The summed E-state index contributed by atoms with van der Waals surface area (Å²) in [5, 5.41) is 13.1. The molecule has 0 saturated heterocycles. The lowest BCUT2D eigenvalue weighted by Crippen LogP contribution is -2.21. The number of sulfonamides is 1. The molecular weight excluding hydrogens is 276 g/mol. The number of nitrogens with two attached hydrogens (primary N) is 1. The molecule has 1 aromatic heterocycles. The fourth-order valence-corrected chi connectivity index (χ4v) is 3.73. The lowest BCUT2D eigenvalue weighted by Gasteiger charge is -2.12. The van der Waals surface area contributed by atoms with E-state index in [2.05, 4.69) is 37.9 Å². The molecule has 1 saturated carbocycles. The molecule has 1 fully saturated rings. The van der Waals surface area contributed by atoms with Gasteiger partial charge in [-0.15, -0.1) is 10.2 Å². The number of primary sulfonamides is 1. The van der Waals surface area contributed by atoms with Gasteiger partial charge in [0.25, 0.3) is 15.2 Å². The Morgan fingerprint density at radius 1 is 1.20 bits per heavy atom. The van der Waals surface area contributed by atoms with Crippen LogP contribution in [-0.2, 0) is 16.6 Å². The number of hydrogen-bond acceptors (Lipinski definition) is 4. The predicted octanol–water partition coefficient (Wildman–Crippen LogP) is 1.73. The number of aromatic nitrogens is 3. The third kappa shape index (κ3) is 2.16. The van der Waals surface area contributed by atoms with Crippen LogP contribution >= 0.6 is 0 Å². The molecule has 0 unspecified atom stereocenters. The molecule has 0 atom stereocenters. The van der Waals surface area contributed by atoms with Gasteiger partial charge in [-0.05, 0) is 16.7 Å². The van der Waals surface area contributed by atoms with Crippen LogP contribution in [0.2, 0.25) is 0 Å². The summed E-state index contributed by atoms with van der Waals surface area (Å²) >= 11 is 0. The second kappa shape index (κ2) is 4.27. The SMILES string of the molecule is CC(C)Cn1c(C2C(C)(C)C2(C)C)nnc1S(N)(=O)=O. The van der Waals surface area contributed by atoms with Crippen molar-refractivity contribution in [2.24, 2.45) is 21.9 Å². The maximum Gasteiger partial charge on any atom is 0.273 e. The predicted molar refractivity (Wildman–Crippen MR) is 76.5 cm³/mol. The van der Waals surface area contributed by atoms with Crippen molar-refractivity contribution < 1.29 is 8.42 Å². The maximum atomic E-state index is 11.7. The molecule has 1 aromatic rings. The zero-order valence-corrected chi connectivity index (χ0v) is 13.8. The Kier molecular flexibility index (Phi) is 3.30. The number of hydrogen-bond donors (Lipinski definition) is 1. The van der Waals surface area contributed by atoms with Gasteiger partial charge in [-0.2, -0.15) is 0 Å². The lowest BCUT2D eigenvalue weighted by atomic mass is 10.0. The van der Waals surface area contributed by atoms with Crippen molar-refractivity contribution in [3.8, 4) is 0 Å². The van der Waals surface area contributed by atoms with Gasteiger partial charge >= 0.3 is 0 Å². The summed E-state index contributed by atoms with van der Waals surface area (Å²) in [6, 6.07) is 0. The van der Waals surface area contributed by atoms with E-state index in [4.69, 9.17) is 5.14 Å². The van der Waals surface area contributed by atoms with Gasteiger partial charge in [-0.3, -0.25) is 0 Å². The first kappa shape index (κ1) is 15.4. The summed E-state index contributed by atoms with van der Waals surface area (Å²) in [5.41, 5.74) is 0.148. The Bertz CT molecular complexity index is 615. The molecule has 0 aromatic carbocycles. The van der Waals surface area contributed by atoms with Crippen LogP contribution in [0.15, 0.2) is 5.16 Å². The zero-order valence-electron chi connectivity index (χ0n) is 13.0. The first-order valence-electron chi connectivity index (χ1n) is 6.86. The van der Waals surface area contributed by atoms with Gasteiger partial charge in [0, 0.05) is 12.5 Å². The van der Waals surface area contributed by atoms with E-state index in [0.717, 1.165) is 5.82 Å². The molecule has 0 bridgehead atoms. The largest absolute Gasteiger partial charge is 0.300 e. The highest BCUT2D eigenvalue weighted by molar-refractivity contribution is 7.89. The summed E-state index contributed by atoms with van der Waals surface area (Å²) in [4.78, 5) is 0. The maximum absolute atomic E-state index is 11.7. The molecule has 6 nitrogen and oxygen atoms in total. The Balaban J connectivity index is 2.54. The van der Waals surface area contributed by atoms with Crippen LogP contribution in [0.5, 0.6) is 0 Å². The van der Waals surface area contributed by atoms with Crippen molar-refractivity contribution >= 4 is 10.0 Å². The van der Waals surface area contributed by atoms with Gasteiger partial charge in [0.1, 0.15) is 5.82 Å². The van der Waals surface area contributed by atoms with Crippen molar-refractivity contribution in [1.29, 1.82) is 0 Å².